The smallest absolute Gasteiger partial charge is 0.338 e. The molecule has 0 N–H and O–H groups in total. The topological polar surface area (TPSA) is 61.8 Å². The molecule has 226 valence electrons. The van der Waals surface area contributed by atoms with Gasteiger partial charge in [0.1, 0.15) is 11.5 Å². The van der Waals surface area contributed by atoms with Crippen LogP contribution in [0.3, 0.4) is 0 Å². The minimum Gasteiger partial charge on any atom is -0.494 e. The maximum atomic E-state index is 12.4. The molecule has 0 aliphatic rings. The molecule has 0 bridgehead atoms. The summed E-state index contributed by atoms with van der Waals surface area (Å²) in [4.78, 5) is 24.6. The van der Waals surface area contributed by atoms with Crippen molar-refractivity contribution in [3.63, 3.8) is 0 Å². The lowest BCUT2D eigenvalue weighted by atomic mass is 10.0. The third kappa shape index (κ3) is 12.1. The van der Waals surface area contributed by atoms with Crippen LogP contribution in [0.2, 0.25) is 0 Å². The van der Waals surface area contributed by atoms with Gasteiger partial charge in [0.2, 0.25) is 0 Å². The molecule has 0 aliphatic heterocycles. The largest absolute Gasteiger partial charge is 0.494 e. The van der Waals surface area contributed by atoms with Crippen molar-refractivity contribution >= 4 is 11.9 Å². The van der Waals surface area contributed by atoms with Gasteiger partial charge >= 0.3 is 11.9 Å². The maximum absolute atomic E-state index is 12.4. The third-order valence-corrected chi connectivity index (χ3v) is 7.38. The maximum Gasteiger partial charge on any atom is 0.338 e. The van der Waals surface area contributed by atoms with E-state index in [4.69, 9.17) is 14.2 Å². The standard InChI is InChI=1S/C37H48O5/c1-4-6-7-8-9-10-11-27-40-34-22-18-32(19-23-34)31-16-13-30(14-17-31)15-26-36(38)42-35-24-20-33(21-25-35)37(39)41-28-29(3)12-5-2/h13-14,16-25,29H,4-12,15,26-28H2,1-3H3. The molecule has 0 spiro atoms. The van der Waals surface area contributed by atoms with Crippen molar-refractivity contribution in [3.05, 3.63) is 83.9 Å². The second-order valence-corrected chi connectivity index (χ2v) is 11.2. The first-order valence-corrected chi connectivity index (χ1v) is 15.8. The molecule has 0 radical (unpaired) electrons. The summed E-state index contributed by atoms with van der Waals surface area (Å²) < 4.78 is 16.8. The Morgan fingerprint density at radius 3 is 1.93 bits per heavy atom. The quantitative estimate of drug-likeness (QED) is 0.0813. The number of hydrogen-bond donors (Lipinski definition) is 0. The lowest BCUT2D eigenvalue weighted by molar-refractivity contribution is -0.134. The van der Waals surface area contributed by atoms with Gasteiger partial charge in [0.25, 0.3) is 0 Å². The summed E-state index contributed by atoms with van der Waals surface area (Å²) >= 11 is 0. The summed E-state index contributed by atoms with van der Waals surface area (Å²) in [6, 6.07) is 23.0. The summed E-state index contributed by atoms with van der Waals surface area (Å²) in [5.41, 5.74) is 3.77. The molecule has 5 nitrogen and oxygen atoms in total. The van der Waals surface area contributed by atoms with Gasteiger partial charge in [-0.1, -0.05) is 102 Å². The lowest BCUT2D eigenvalue weighted by Crippen LogP contribution is -2.12. The molecular weight excluding hydrogens is 524 g/mol. The van der Waals surface area contributed by atoms with Gasteiger partial charge in [0, 0.05) is 6.42 Å². The Hall–Kier alpha value is -3.60. The summed E-state index contributed by atoms with van der Waals surface area (Å²) in [6.45, 7) is 7.61. The van der Waals surface area contributed by atoms with Crippen molar-refractivity contribution in [2.45, 2.75) is 91.4 Å². The second kappa shape index (κ2) is 18.8. The Bertz CT molecular complexity index is 1180. The van der Waals surface area contributed by atoms with Gasteiger partial charge in [-0.25, -0.2) is 4.79 Å². The fourth-order valence-electron chi connectivity index (χ4n) is 4.82. The monoisotopic (exact) mass is 572 g/mol. The van der Waals surface area contributed by atoms with Crippen molar-refractivity contribution in [3.8, 4) is 22.6 Å². The highest BCUT2D eigenvalue weighted by Crippen LogP contribution is 2.24. The van der Waals surface area contributed by atoms with Gasteiger partial charge in [0.05, 0.1) is 18.8 Å². The molecule has 0 heterocycles. The molecule has 0 saturated carbocycles. The predicted molar refractivity (Wildman–Crippen MR) is 170 cm³/mol. The zero-order valence-corrected chi connectivity index (χ0v) is 25.7. The number of rotatable bonds is 19. The van der Waals surface area contributed by atoms with Crippen LogP contribution < -0.4 is 9.47 Å². The van der Waals surface area contributed by atoms with Gasteiger partial charge in [-0.05, 0) is 78.3 Å². The first-order valence-electron chi connectivity index (χ1n) is 15.8. The first kappa shape index (κ1) is 32.9. The van der Waals surface area contributed by atoms with E-state index in [1.165, 1.54) is 38.5 Å². The molecule has 0 aliphatic carbocycles. The minimum absolute atomic E-state index is 0.267. The number of esters is 2. The van der Waals surface area contributed by atoms with Gasteiger partial charge < -0.3 is 14.2 Å². The Balaban J connectivity index is 1.36. The van der Waals surface area contributed by atoms with E-state index in [9.17, 15) is 9.59 Å². The van der Waals surface area contributed by atoms with Crippen LogP contribution in [0, 0.1) is 5.92 Å². The Labute approximate surface area is 252 Å². The highest BCUT2D eigenvalue weighted by Gasteiger charge is 2.11. The molecule has 0 aromatic heterocycles. The molecule has 0 fully saturated rings. The highest BCUT2D eigenvalue weighted by atomic mass is 16.5. The summed E-state index contributed by atoms with van der Waals surface area (Å²) in [5, 5.41) is 0. The number of benzene rings is 3. The van der Waals surface area contributed by atoms with Crippen LogP contribution in [0.15, 0.2) is 72.8 Å². The van der Waals surface area contributed by atoms with Crippen molar-refractivity contribution in [1.29, 1.82) is 0 Å². The molecule has 3 aromatic rings. The summed E-state index contributed by atoms with van der Waals surface area (Å²) in [7, 11) is 0. The average Bonchev–Trinajstić information content (AvgIpc) is 3.01. The number of carbonyl (C=O) groups excluding carboxylic acids is 2. The number of ether oxygens (including phenoxy) is 3. The molecule has 5 heteroatoms. The fraction of sp³-hybridized carbons (Fsp3) is 0.459. The van der Waals surface area contributed by atoms with Gasteiger partial charge in [0.15, 0.2) is 0 Å². The SMILES string of the molecule is CCCCCCCCCOc1ccc(-c2ccc(CCC(=O)Oc3ccc(C(=O)OCC(C)CCC)cc3)cc2)cc1. The Kier molecular flexibility index (Phi) is 14.7. The van der Waals surface area contributed by atoms with Crippen LogP contribution in [0.25, 0.3) is 11.1 Å². The van der Waals surface area contributed by atoms with Crippen molar-refractivity contribution in [2.75, 3.05) is 13.2 Å². The highest BCUT2D eigenvalue weighted by molar-refractivity contribution is 5.89. The second-order valence-electron chi connectivity index (χ2n) is 11.2. The van der Waals surface area contributed by atoms with Crippen molar-refractivity contribution in [2.24, 2.45) is 5.92 Å². The molecule has 0 saturated heterocycles. The van der Waals surface area contributed by atoms with Gasteiger partial charge in [-0.2, -0.15) is 0 Å². The van der Waals surface area contributed by atoms with Crippen molar-refractivity contribution < 1.29 is 23.8 Å². The molecule has 42 heavy (non-hydrogen) atoms. The average molecular weight is 573 g/mol. The van der Waals surface area contributed by atoms with Gasteiger partial charge in [-0.15, -0.1) is 0 Å². The third-order valence-electron chi connectivity index (χ3n) is 7.38. The van der Waals surface area contributed by atoms with Crippen LogP contribution in [0.5, 0.6) is 11.5 Å². The number of unbranched alkanes of at least 4 members (excludes halogenated alkanes) is 6. The zero-order chi connectivity index (χ0) is 30.0. The molecule has 0 amide bonds. The van der Waals surface area contributed by atoms with E-state index >= 15 is 0 Å². The summed E-state index contributed by atoms with van der Waals surface area (Å²) in [5.74, 6) is 0.996. The molecule has 3 rings (SSSR count). The zero-order valence-electron chi connectivity index (χ0n) is 25.7. The molecule has 1 atom stereocenters. The lowest BCUT2D eigenvalue weighted by Gasteiger charge is -2.11. The van der Waals surface area contributed by atoms with E-state index in [0.717, 1.165) is 48.3 Å². The first-order chi connectivity index (χ1) is 20.5. The predicted octanol–water partition coefficient (Wildman–Crippen LogP) is 9.61. The Morgan fingerprint density at radius 1 is 0.690 bits per heavy atom. The van der Waals surface area contributed by atoms with Crippen molar-refractivity contribution in [1.82, 2.24) is 0 Å². The summed E-state index contributed by atoms with van der Waals surface area (Å²) in [6.07, 6.45) is 11.9. The van der Waals surface area contributed by atoms with E-state index in [1.54, 1.807) is 24.3 Å². The molecule has 3 aromatic carbocycles. The van der Waals surface area contributed by atoms with Crippen LogP contribution in [0.4, 0.5) is 0 Å². The van der Waals surface area contributed by atoms with Crippen LogP contribution >= 0.6 is 0 Å². The fourth-order valence-corrected chi connectivity index (χ4v) is 4.82. The molecule has 1 unspecified atom stereocenters. The molecular formula is C37H48O5. The van der Waals surface area contributed by atoms with E-state index in [0.29, 0.717) is 30.3 Å². The van der Waals surface area contributed by atoms with E-state index in [-0.39, 0.29) is 18.4 Å². The van der Waals surface area contributed by atoms with E-state index < -0.39 is 0 Å². The number of aryl methyl sites for hydroxylation is 1. The normalized spacial score (nSPS) is 11.6. The van der Waals surface area contributed by atoms with E-state index in [2.05, 4.69) is 57.2 Å². The van der Waals surface area contributed by atoms with Crippen LogP contribution in [0.1, 0.15) is 101 Å². The number of carbonyl (C=O) groups is 2. The van der Waals surface area contributed by atoms with Crippen LogP contribution in [-0.2, 0) is 16.0 Å². The van der Waals surface area contributed by atoms with E-state index in [1.807, 2.05) is 12.1 Å². The number of hydrogen-bond acceptors (Lipinski definition) is 5. The minimum atomic E-state index is -0.359. The van der Waals surface area contributed by atoms with Gasteiger partial charge in [-0.3, -0.25) is 4.79 Å². The van der Waals surface area contributed by atoms with Crippen LogP contribution in [-0.4, -0.2) is 25.2 Å². The Morgan fingerprint density at radius 2 is 1.29 bits per heavy atom.